The minimum absolute atomic E-state index is 0.366. The van der Waals surface area contributed by atoms with E-state index in [9.17, 15) is 36.7 Å². The second-order valence-electron chi connectivity index (χ2n) is 11.3. The van der Waals surface area contributed by atoms with E-state index in [1.54, 1.807) is 54.6 Å². The minimum atomic E-state index is -1.33. The fourth-order valence-electron chi connectivity index (χ4n) is 4.33. The number of halogens is 5. The van der Waals surface area contributed by atoms with Crippen LogP contribution >= 0.6 is 15.9 Å². The molecule has 6 nitrogen and oxygen atoms in total. The van der Waals surface area contributed by atoms with Gasteiger partial charge < -0.3 is 10.6 Å². The van der Waals surface area contributed by atoms with E-state index in [1.807, 2.05) is 0 Å². The Balaban J connectivity index is 0.000000256. The average Bonchev–Trinajstić information content (AvgIpc) is 3.00. The molecule has 0 spiro atoms. The van der Waals surface area contributed by atoms with Gasteiger partial charge in [0.25, 0.3) is 11.8 Å². The van der Waals surface area contributed by atoms with Crippen LogP contribution in [0, 0.1) is 23.3 Å². The topological polar surface area (TPSA) is 92.3 Å². The van der Waals surface area contributed by atoms with Crippen molar-refractivity contribution in [2.45, 2.75) is 38.8 Å². The molecule has 0 saturated carbocycles. The van der Waals surface area contributed by atoms with E-state index in [0.29, 0.717) is 11.1 Å². The molecule has 0 heterocycles. The summed E-state index contributed by atoms with van der Waals surface area (Å²) in [6.07, 6.45) is 1.64. The van der Waals surface area contributed by atoms with Gasteiger partial charge in [0.05, 0.1) is 11.1 Å². The Hall–Kier alpha value is -4.90. The van der Waals surface area contributed by atoms with Crippen LogP contribution in [-0.4, -0.2) is 34.5 Å². The number of ketones is 2. The summed E-state index contributed by atoms with van der Waals surface area (Å²) in [6, 6.07) is 19.5. The third-order valence-corrected chi connectivity index (χ3v) is 7.41. The van der Waals surface area contributed by atoms with E-state index in [1.165, 1.54) is 39.8 Å². The quantitative estimate of drug-likeness (QED) is 0.136. The molecule has 0 aliphatic rings. The van der Waals surface area contributed by atoms with Crippen molar-refractivity contribution in [2.24, 2.45) is 0 Å². The van der Waals surface area contributed by atoms with E-state index in [-0.39, 0.29) is 11.6 Å². The van der Waals surface area contributed by atoms with E-state index in [4.69, 9.17) is 0 Å². The van der Waals surface area contributed by atoms with Crippen LogP contribution in [0.3, 0.4) is 0 Å². The van der Waals surface area contributed by atoms with Crippen LogP contribution in [0.25, 0.3) is 6.08 Å². The normalized spacial score (nSPS) is 11.1. The van der Waals surface area contributed by atoms with Gasteiger partial charge in [-0.05, 0) is 69.7 Å². The molecule has 11 heteroatoms. The number of benzene rings is 4. The molecule has 2 N–H and O–H groups in total. The van der Waals surface area contributed by atoms with Crippen molar-refractivity contribution in [3.05, 3.63) is 147 Å². The number of carbonyl (C=O) groups excluding carboxylic acids is 4. The monoisotopic (exact) mass is 710 g/mol. The summed E-state index contributed by atoms with van der Waals surface area (Å²) in [4.78, 5) is 49.4. The molecule has 0 aromatic heterocycles. The highest BCUT2D eigenvalue weighted by Gasteiger charge is 2.33. The van der Waals surface area contributed by atoms with Gasteiger partial charge in [-0.2, -0.15) is 0 Å². The van der Waals surface area contributed by atoms with Gasteiger partial charge in [0.15, 0.2) is 11.6 Å². The highest BCUT2D eigenvalue weighted by atomic mass is 79.9. The lowest BCUT2D eigenvalue weighted by molar-refractivity contribution is 0.0793. The molecule has 0 saturated heterocycles. The smallest absolute Gasteiger partial charge is 0.258 e. The van der Waals surface area contributed by atoms with Crippen molar-refractivity contribution in [3.63, 3.8) is 0 Å². The van der Waals surface area contributed by atoms with Crippen LogP contribution in [0.1, 0.15) is 74.7 Å². The Morgan fingerprint density at radius 1 is 0.596 bits per heavy atom. The van der Waals surface area contributed by atoms with Crippen molar-refractivity contribution in [2.75, 3.05) is 0 Å². The van der Waals surface area contributed by atoms with Crippen molar-refractivity contribution in [1.29, 1.82) is 0 Å². The molecule has 0 aliphatic heterocycles. The third kappa shape index (κ3) is 9.10. The summed E-state index contributed by atoms with van der Waals surface area (Å²) in [6.45, 7) is 9.55. The van der Waals surface area contributed by atoms with Gasteiger partial charge in [0.2, 0.25) is 0 Å². The molecule has 2 amide bonds. The Bertz CT molecular complexity index is 1780. The van der Waals surface area contributed by atoms with Crippen LogP contribution < -0.4 is 10.6 Å². The molecule has 4 aromatic rings. The van der Waals surface area contributed by atoms with Crippen molar-refractivity contribution < 1.29 is 36.7 Å². The number of Topliss-reactive ketones (excluding diaryl/α,β-unsaturated/α-hetero) is 2. The molecule has 47 heavy (non-hydrogen) atoms. The predicted octanol–water partition coefficient (Wildman–Crippen LogP) is 8.12. The summed E-state index contributed by atoms with van der Waals surface area (Å²) in [5.74, 6) is -6.61. The van der Waals surface area contributed by atoms with Gasteiger partial charge in [-0.15, -0.1) is 0 Å². The summed E-state index contributed by atoms with van der Waals surface area (Å²) < 4.78 is 55.5. The molecular weight excluding hydrogens is 680 g/mol. The molecule has 0 atom stereocenters. The van der Waals surface area contributed by atoms with Crippen LogP contribution in [0.2, 0.25) is 0 Å². The second kappa shape index (κ2) is 15.1. The average molecular weight is 712 g/mol. The molecule has 0 radical (unpaired) electrons. The zero-order chi connectivity index (χ0) is 35.1. The van der Waals surface area contributed by atoms with Crippen molar-refractivity contribution in [3.8, 4) is 0 Å². The molecule has 0 bridgehead atoms. The molecule has 0 unspecified atom stereocenters. The zero-order valence-corrected chi connectivity index (χ0v) is 27.5. The van der Waals surface area contributed by atoms with Gasteiger partial charge in [-0.25, -0.2) is 17.6 Å². The maximum Gasteiger partial charge on any atom is 0.258 e. The van der Waals surface area contributed by atoms with E-state index in [2.05, 4.69) is 33.1 Å². The minimum Gasteiger partial charge on any atom is -0.340 e. The Morgan fingerprint density at radius 2 is 0.915 bits per heavy atom. The van der Waals surface area contributed by atoms with E-state index < -0.39 is 57.3 Å². The second-order valence-corrected chi connectivity index (χ2v) is 12.3. The molecule has 244 valence electrons. The van der Waals surface area contributed by atoms with Gasteiger partial charge >= 0.3 is 0 Å². The first-order valence-corrected chi connectivity index (χ1v) is 14.9. The molecule has 4 rings (SSSR count). The standard InChI is InChI=1S/C19H17F2NO2.C17H14BrF2NO2/c1-4-12-8-10-13(11-9-12)17(23)19(2,3)22-18(24)16-14(20)6-5-7-15(16)21;1-17(2,15(22)10-6-8-11(18)9-7-10)21-16(23)14-12(19)4-3-5-13(14)20/h4-11H,1H2,2-3H3,(H,22,24);3-9H,1-2H3,(H,21,23). The highest BCUT2D eigenvalue weighted by Crippen LogP contribution is 2.20. The number of amides is 2. The fraction of sp³-hybridized carbons (Fsp3) is 0.167. The maximum absolute atomic E-state index is 13.7. The molecule has 0 aliphatic carbocycles. The molecule has 4 aromatic carbocycles. The van der Waals surface area contributed by atoms with Crippen LogP contribution in [0.5, 0.6) is 0 Å². The lowest BCUT2D eigenvalue weighted by atomic mass is 9.92. The van der Waals surface area contributed by atoms with Crippen molar-refractivity contribution >= 4 is 45.4 Å². The summed E-state index contributed by atoms with van der Waals surface area (Å²) in [5.41, 5.74) is -2.46. The molecular formula is C36H31BrF4N2O4. The fourth-order valence-corrected chi connectivity index (χ4v) is 4.59. The van der Waals surface area contributed by atoms with Gasteiger partial charge in [-0.3, -0.25) is 19.2 Å². The van der Waals surface area contributed by atoms with Gasteiger partial charge in [-0.1, -0.05) is 77.1 Å². The zero-order valence-electron chi connectivity index (χ0n) is 25.9. The summed E-state index contributed by atoms with van der Waals surface area (Å²) in [5, 5.41) is 4.78. The first-order valence-electron chi connectivity index (χ1n) is 14.1. The van der Waals surface area contributed by atoms with Crippen LogP contribution in [0.4, 0.5) is 17.6 Å². The molecule has 0 fully saturated rings. The number of nitrogens with one attached hydrogen (secondary N) is 2. The third-order valence-electron chi connectivity index (χ3n) is 6.88. The lowest BCUT2D eigenvalue weighted by Gasteiger charge is -2.25. The van der Waals surface area contributed by atoms with Gasteiger partial charge in [0, 0.05) is 15.6 Å². The SMILES string of the molecule is C=Cc1ccc(C(=O)C(C)(C)NC(=O)c2c(F)cccc2F)cc1.CC(C)(NC(=O)c1c(F)cccc1F)C(=O)c1ccc(Br)cc1. The van der Waals surface area contributed by atoms with Crippen molar-refractivity contribution in [1.82, 2.24) is 10.6 Å². The van der Waals surface area contributed by atoms with Crippen LogP contribution in [-0.2, 0) is 0 Å². The summed E-state index contributed by atoms with van der Waals surface area (Å²) in [7, 11) is 0. The predicted molar refractivity (Wildman–Crippen MR) is 175 cm³/mol. The van der Waals surface area contributed by atoms with E-state index in [0.717, 1.165) is 34.3 Å². The lowest BCUT2D eigenvalue weighted by Crippen LogP contribution is -2.50. The maximum atomic E-state index is 13.7. The number of carbonyl (C=O) groups is 4. The Kier molecular flexibility index (Phi) is 11.8. The Morgan fingerprint density at radius 3 is 1.23 bits per heavy atom. The first kappa shape index (κ1) is 36.6. The number of hydrogen-bond acceptors (Lipinski definition) is 4. The Labute approximate surface area is 278 Å². The first-order chi connectivity index (χ1) is 22.0. The highest BCUT2D eigenvalue weighted by molar-refractivity contribution is 9.10. The van der Waals surface area contributed by atoms with Gasteiger partial charge in [0.1, 0.15) is 34.4 Å². The van der Waals surface area contributed by atoms with Crippen LogP contribution in [0.15, 0.2) is 96.0 Å². The summed E-state index contributed by atoms with van der Waals surface area (Å²) >= 11 is 3.27. The number of hydrogen-bond donors (Lipinski definition) is 2. The number of rotatable bonds is 9. The largest absolute Gasteiger partial charge is 0.340 e. The van der Waals surface area contributed by atoms with E-state index >= 15 is 0 Å².